The number of imidazole rings is 1. The van der Waals surface area contributed by atoms with E-state index in [-0.39, 0.29) is 36.4 Å². The van der Waals surface area contributed by atoms with Gasteiger partial charge < -0.3 is 29.4 Å². The van der Waals surface area contributed by atoms with E-state index < -0.39 is 48.4 Å². The highest BCUT2D eigenvalue weighted by Crippen LogP contribution is 2.25. The lowest BCUT2D eigenvalue weighted by Crippen LogP contribution is -2.46. The summed E-state index contributed by atoms with van der Waals surface area (Å²) < 4.78 is 16.4. The predicted molar refractivity (Wildman–Crippen MR) is 120 cm³/mol. The molecule has 0 bridgehead atoms. The fraction of sp³-hybridized carbons (Fsp3) is 0.500. The number of carbonyl (C=O) groups excluding carboxylic acids is 1. The van der Waals surface area contributed by atoms with Crippen molar-refractivity contribution in [1.29, 1.82) is 0 Å². The van der Waals surface area contributed by atoms with E-state index in [9.17, 15) is 29.7 Å². The number of hydrogen-bond acceptors (Lipinski definition) is 9. The largest absolute Gasteiger partial charge is 0.460 e. The number of aryl methyl sites for hydroxylation is 1. The van der Waals surface area contributed by atoms with Gasteiger partial charge in [-0.1, -0.05) is 0 Å². The number of fused-ring (bicyclic) bond motifs is 1. The number of pyridine rings is 1. The Balaban J connectivity index is 1.48. The Hall–Kier alpha value is -3.39. The van der Waals surface area contributed by atoms with Crippen LogP contribution in [0.15, 0.2) is 40.4 Å². The van der Waals surface area contributed by atoms with Crippen LogP contribution in [0.4, 0.5) is 0 Å². The number of nitrogens with zero attached hydrogens (tertiary/aromatic N) is 5. The van der Waals surface area contributed by atoms with Crippen molar-refractivity contribution in [3.8, 4) is 0 Å². The van der Waals surface area contributed by atoms with Crippen molar-refractivity contribution in [1.82, 2.24) is 18.7 Å². The van der Waals surface area contributed by atoms with Crippen LogP contribution in [0.25, 0.3) is 11.2 Å². The fourth-order valence-electron chi connectivity index (χ4n) is 4.19. The van der Waals surface area contributed by atoms with Gasteiger partial charge >= 0.3 is 11.7 Å². The van der Waals surface area contributed by atoms with Crippen molar-refractivity contribution in [3.05, 3.63) is 57.3 Å². The van der Waals surface area contributed by atoms with E-state index in [1.54, 1.807) is 30.7 Å². The molecule has 1 aliphatic heterocycles. The van der Waals surface area contributed by atoms with Crippen LogP contribution in [0.5, 0.6) is 0 Å². The average molecular weight is 490 g/mol. The minimum atomic E-state index is -1.29. The highest BCUT2D eigenvalue weighted by atomic mass is 16.6. The summed E-state index contributed by atoms with van der Waals surface area (Å²) >= 11 is 0. The molecule has 0 radical (unpaired) electrons. The normalized spacial score (nSPS) is 22.1. The van der Waals surface area contributed by atoms with E-state index in [2.05, 4.69) is 4.98 Å². The van der Waals surface area contributed by atoms with Crippen molar-refractivity contribution < 1.29 is 34.2 Å². The summed E-state index contributed by atoms with van der Waals surface area (Å²) in [4.78, 5) is 42.1. The van der Waals surface area contributed by atoms with Crippen LogP contribution in [0, 0.1) is 0 Å². The van der Waals surface area contributed by atoms with Crippen LogP contribution in [0.1, 0.15) is 30.4 Å². The summed E-state index contributed by atoms with van der Waals surface area (Å²) in [6.07, 6.45) is -0.0710. The molecule has 3 N–H and O–H groups in total. The van der Waals surface area contributed by atoms with Gasteiger partial charge in [-0.2, -0.15) is 4.57 Å². The van der Waals surface area contributed by atoms with E-state index in [0.29, 0.717) is 6.54 Å². The van der Waals surface area contributed by atoms with Gasteiger partial charge in [-0.3, -0.25) is 13.9 Å². The molecule has 3 aromatic heterocycles. The minimum absolute atomic E-state index is 0.0656. The lowest BCUT2D eigenvalue weighted by atomic mass is 10.1. The van der Waals surface area contributed by atoms with Gasteiger partial charge in [0.25, 0.3) is 11.8 Å². The Labute approximate surface area is 199 Å². The van der Waals surface area contributed by atoms with E-state index in [1.165, 1.54) is 27.7 Å². The van der Waals surface area contributed by atoms with Crippen molar-refractivity contribution in [3.63, 3.8) is 0 Å². The molecule has 13 nitrogen and oxygen atoms in total. The van der Waals surface area contributed by atoms with Crippen LogP contribution in [0.3, 0.4) is 0 Å². The number of carbonyl (C=O) groups is 1. The molecule has 4 heterocycles. The van der Waals surface area contributed by atoms with Crippen LogP contribution in [0.2, 0.25) is 0 Å². The number of esters is 1. The Morgan fingerprint density at radius 2 is 1.94 bits per heavy atom. The van der Waals surface area contributed by atoms with E-state index in [0.717, 1.165) is 4.57 Å². The van der Waals surface area contributed by atoms with Crippen molar-refractivity contribution in [2.45, 2.75) is 58.0 Å². The number of ether oxygens (including phenoxy) is 2. The highest BCUT2D eigenvalue weighted by molar-refractivity contribution is 5.88. The van der Waals surface area contributed by atoms with Crippen LogP contribution in [-0.2, 0) is 29.1 Å². The summed E-state index contributed by atoms with van der Waals surface area (Å²) in [7, 11) is 0. The zero-order valence-corrected chi connectivity index (χ0v) is 19.4. The maximum atomic E-state index is 12.8. The van der Waals surface area contributed by atoms with E-state index in [4.69, 9.17) is 9.47 Å². The molecule has 1 aliphatic rings. The Kier molecular flexibility index (Phi) is 7.12. The number of hydrogen-bond donors (Lipinski definition) is 3. The van der Waals surface area contributed by atoms with Crippen LogP contribution >= 0.6 is 0 Å². The molecule has 0 unspecified atom stereocenters. The molecule has 0 aliphatic carbocycles. The first-order valence-corrected chi connectivity index (χ1v) is 11.3. The summed E-state index contributed by atoms with van der Waals surface area (Å²) in [5.41, 5.74) is -0.166. The Bertz CT molecular complexity index is 1350. The topological polar surface area (TPSA) is 162 Å². The van der Waals surface area contributed by atoms with Gasteiger partial charge in [-0.15, -0.1) is 0 Å². The zero-order chi connectivity index (χ0) is 25.3. The molecular formula is C22H28N5O8+. The first kappa shape index (κ1) is 24.7. The van der Waals surface area contributed by atoms with Gasteiger partial charge in [-0.25, -0.2) is 14.6 Å². The van der Waals surface area contributed by atoms with E-state index >= 15 is 0 Å². The number of aliphatic hydroxyl groups excluding tert-OH is 3. The number of rotatable bonds is 8. The standard InChI is InChI=1S/C22H28N5O8/c1-3-26-18-15(19(31)27(4-2)22(26)33)25(12-23-18)8-9-34-21(32)13-6-5-7-24(10-13)20-17(30)16(29)14(11-28)35-20/h5-7,10,12,14,16-17,20,28-30H,3-4,8-9,11H2,1-2H3/q+1/t14-,16-,17-,20-/m1/s1. The lowest BCUT2D eigenvalue weighted by Gasteiger charge is -2.11. The molecule has 188 valence electrons. The summed E-state index contributed by atoms with van der Waals surface area (Å²) in [5, 5.41) is 29.4. The highest BCUT2D eigenvalue weighted by Gasteiger charge is 2.48. The molecule has 4 rings (SSSR count). The van der Waals surface area contributed by atoms with Gasteiger partial charge in [0.05, 0.1) is 19.5 Å². The Morgan fingerprint density at radius 1 is 1.20 bits per heavy atom. The number of aliphatic hydroxyl groups is 3. The van der Waals surface area contributed by atoms with Crippen molar-refractivity contribution in [2.75, 3.05) is 13.2 Å². The third-order valence-electron chi connectivity index (χ3n) is 6.05. The second-order valence-corrected chi connectivity index (χ2v) is 8.09. The molecule has 13 heteroatoms. The first-order chi connectivity index (χ1) is 16.8. The predicted octanol–water partition coefficient (Wildman–Crippen LogP) is -1.84. The van der Waals surface area contributed by atoms with E-state index in [1.807, 2.05) is 0 Å². The third-order valence-corrected chi connectivity index (χ3v) is 6.05. The minimum Gasteiger partial charge on any atom is -0.460 e. The molecule has 0 spiro atoms. The molecule has 0 amide bonds. The first-order valence-electron chi connectivity index (χ1n) is 11.3. The molecule has 35 heavy (non-hydrogen) atoms. The summed E-state index contributed by atoms with van der Waals surface area (Å²) in [5.74, 6) is -0.646. The quantitative estimate of drug-likeness (QED) is 0.243. The SMILES string of the molecule is CCn1c(=O)c2c(ncn2CCOC(=O)c2ccc[n+]([C@@H]3O[C@H](CO)[C@@H](O)[C@H]3O)c2)n(CC)c1=O. The van der Waals surface area contributed by atoms with Crippen LogP contribution in [-0.4, -0.2) is 71.5 Å². The summed E-state index contributed by atoms with van der Waals surface area (Å²) in [6, 6.07) is 3.08. The molecular weight excluding hydrogens is 462 g/mol. The summed E-state index contributed by atoms with van der Waals surface area (Å²) in [6.45, 7) is 3.69. The van der Waals surface area contributed by atoms with Crippen molar-refractivity contribution >= 4 is 17.1 Å². The maximum absolute atomic E-state index is 12.8. The number of aromatic nitrogens is 5. The molecule has 3 aromatic rings. The molecule has 1 fully saturated rings. The van der Waals surface area contributed by atoms with Crippen LogP contribution < -0.4 is 15.8 Å². The second kappa shape index (κ2) is 10.1. The third kappa shape index (κ3) is 4.38. The van der Waals surface area contributed by atoms with Gasteiger partial charge in [0, 0.05) is 19.2 Å². The smallest absolute Gasteiger partial charge is 0.344 e. The monoisotopic (exact) mass is 490 g/mol. The van der Waals surface area contributed by atoms with Gasteiger partial charge in [0.15, 0.2) is 29.7 Å². The molecule has 4 atom stereocenters. The molecule has 0 saturated carbocycles. The second-order valence-electron chi connectivity index (χ2n) is 8.09. The molecule has 1 saturated heterocycles. The van der Waals surface area contributed by atoms with Crippen molar-refractivity contribution in [2.24, 2.45) is 0 Å². The van der Waals surface area contributed by atoms with Gasteiger partial charge in [0.2, 0.25) is 0 Å². The van der Waals surface area contributed by atoms with Gasteiger partial charge in [-0.05, 0) is 19.9 Å². The fourth-order valence-corrected chi connectivity index (χ4v) is 4.19. The average Bonchev–Trinajstić information content (AvgIpc) is 3.40. The zero-order valence-electron chi connectivity index (χ0n) is 19.4. The lowest BCUT2D eigenvalue weighted by molar-refractivity contribution is -0.765. The maximum Gasteiger partial charge on any atom is 0.344 e. The van der Waals surface area contributed by atoms with Gasteiger partial charge in [0.1, 0.15) is 24.4 Å². The Morgan fingerprint density at radius 3 is 2.60 bits per heavy atom. The molecule has 0 aromatic carbocycles.